The van der Waals surface area contributed by atoms with E-state index in [0.717, 1.165) is 69.3 Å². The highest BCUT2D eigenvalue weighted by Gasteiger charge is 2.26. The largest absolute Gasteiger partial charge is 0.368 e. The molecule has 1 saturated heterocycles. The maximum atomic E-state index is 11.4. The molecule has 2 aliphatic rings. The van der Waals surface area contributed by atoms with E-state index in [9.17, 15) is 4.79 Å². The Morgan fingerprint density at radius 1 is 0.972 bits per heavy atom. The van der Waals surface area contributed by atoms with Crippen LogP contribution in [0.25, 0.3) is 0 Å². The molecule has 36 heavy (non-hydrogen) atoms. The average molecular weight is 487 g/mol. The van der Waals surface area contributed by atoms with Crippen LogP contribution in [0, 0.1) is 0 Å². The van der Waals surface area contributed by atoms with E-state index in [2.05, 4.69) is 67.9 Å². The monoisotopic (exact) mass is 486 g/mol. The van der Waals surface area contributed by atoms with Crippen molar-refractivity contribution in [1.82, 2.24) is 19.9 Å². The fourth-order valence-electron chi connectivity index (χ4n) is 5.07. The first kappa shape index (κ1) is 24.0. The number of hydrogen-bond acceptors (Lipinski definition) is 8. The molecule has 9 heteroatoms. The minimum absolute atomic E-state index is 0.304. The van der Waals surface area contributed by atoms with Crippen LogP contribution < -0.4 is 21.3 Å². The van der Waals surface area contributed by atoms with Gasteiger partial charge in [0.1, 0.15) is 17.3 Å². The normalized spacial score (nSPS) is 18.2. The predicted octanol–water partition coefficient (Wildman–Crippen LogP) is 2.04. The van der Waals surface area contributed by atoms with E-state index in [1.165, 1.54) is 16.7 Å². The zero-order chi connectivity index (χ0) is 25.2. The highest BCUT2D eigenvalue weighted by molar-refractivity contribution is 5.90. The van der Waals surface area contributed by atoms with Crippen molar-refractivity contribution in [3.05, 3.63) is 70.5 Å². The molecule has 5 rings (SSSR count). The molecule has 0 saturated carbocycles. The van der Waals surface area contributed by atoms with Crippen molar-refractivity contribution in [1.29, 1.82) is 0 Å². The summed E-state index contributed by atoms with van der Waals surface area (Å²) < 4.78 is 0. The summed E-state index contributed by atoms with van der Waals surface area (Å²) in [6.07, 6.45) is 2.54. The van der Waals surface area contributed by atoms with Gasteiger partial charge in [-0.2, -0.15) is 9.97 Å². The van der Waals surface area contributed by atoms with Crippen LogP contribution in [0.15, 0.2) is 42.5 Å². The molecule has 3 aromatic rings. The van der Waals surface area contributed by atoms with Crippen molar-refractivity contribution >= 4 is 23.5 Å². The Hall–Kier alpha value is -3.72. The summed E-state index contributed by atoms with van der Waals surface area (Å²) in [4.78, 5) is 31.9. The molecule has 4 heterocycles. The first-order valence-electron chi connectivity index (χ1n) is 12.6. The average Bonchev–Trinajstić information content (AvgIpc) is 2.87. The number of primary amides is 1. The second-order valence-electron chi connectivity index (χ2n) is 9.90. The van der Waals surface area contributed by atoms with Gasteiger partial charge in [0.15, 0.2) is 0 Å². The van der Waals surface area contributed by atoms with Crippen molar-refractivity contribution in [3.63, 3.8) is 0 Å². The number of piperazine rings is 1. The highest BCUT2D eigenvalue weighted by atomic mass is 16.1. The molecule has 0 spiro atoms. The van der Waals surface area contributed by atoms with Crippen LogP contribution in [0.3, 0.4) is 0 Å². The molecular formula is C27H34N8O. The van der Waals surface area contributed by atoms with E-state index in [1.807, 2.05) is 12.1 Å². The first-order valence-corrected chi connectivity index (χ1v) is 12.6. The predicted molar refractivity (Wildman–Crippen MR) is 142 cm³/mol. The van der Waals surface area contributed by atoms with Crippen LogP contribution in [-0.4, -0.2) is 65.0 Å². The summed E-state index contributed by atoms with van der Waals surface area (Å²) in [7, 11) is 2.15. The summed E-state index contributed by atoms with van der Waals surface area (Å²) in [5.74, 6) is 1.61. The number of pyridine rings is 1. The van der Waals surface area contributed by atoms with Crippen molar-refractivity contribution in [3.8, 4) is 0 Å². The lowest BCUT2D eigenvalue weighted by molar-refractivity contribution is 0.0995. The SMILES string of the molecule is CC1Cc2ccc(CCc3cccc(C(N)=O)n3)cc2CN1c1cc(N2CCN(C)CC2)nc(N)n1. The molecule has 0 aliphatic carbocycles. The molecule has 0 bridgehead atoms. The first-order chi connectivity index (χ1) is 17.4. The summed E-state index contributed by atoms with van der Waals surface area (Å²) in [6.45, 7) is 6.91. The minimum atomic E-state index is -0.499. The number of carbonyl (C=O) groups is 1. The lowest BCUT2D eigenvalue weighted by Crippen LogP contribution is -2.45. The fraction of sp³-hybridized carbons (Fsp3) is 0.407. The van der Waals surface area contributed by atoms with Gasteiger partial charge in [0, 0.05) is 50.5 Å². The zero-order valence-corrected chi connectivity index (χ0v) is 21.0. The number of nitrogens with zero attached hydrogens (tertiary/aromatic N) is 6. The van der Waals surface area contributed by atoms with Crippen LogP contribution >= 0.6 is 0 Å². The molecule has 1 atom stereocenters. The smallest absolute Gasteiger partial charge is 0.267 e. The van der Waals surface area contributed by atoms with Crippen molar-refractivity contribution in [2.75, 3.05) is 48.8 Å². The van der Waals surface area contributed by atoms with Crippen LogP contribution in [0.5, 0.6) is 0 Å². The van der Waals surface area contributed by atoms with Gasteiger partial charge in [0.2, 0.25) is 5.95 Å². The lowest BCUT2D eigenvalue weighted by atomic mass is 9.92. The number of carbonyl (C=O) groups excluding carboxylic acids is 1. The number of aromatic nitrogens is 3. The van der Waals surface area contributed by atoms with E-state index in [1.54, 1.807) is 6.07 Å². The highest BCUT2D eigenvalue weighted by Crippen LogP contribution is 2.30. The number of amides is 1. The van der Waals surface area contributed by atoms with Crippen LogP contribution in [0.1, 0.15) is 39.8 Å². The summed E-state index contributed by atoms with van der Waals surface area (Å²) >= 11 is 0. The summed E-state index contributed by atoms with van der Waals surface area (Å²) in [6, 6.07) is 14.5. The molecule has 1 unspecified atom stereocenters. The number of benzene rings is 1. The number of hydrogen-bond donors (Lipinski definition) is 2. The Balaban J connectivity index is 1.33. The second kappa shape index (κ2) is 10.1. The van der Waals surface area contributed by atoms with Crippen LogP contribution in [-0.2, 0) is 25.8 Å². The second-order valence-corrected chi connectivity index (χ2v) is 9.90. The van der Waals surface area contributed by atoms with Crippen LogP contribution in [0.2, 0.25) is 0 Å². The molecule has 1 amide bonds. The Morgan fingerprint density at radius 3 is 2.53 bits per heavy atom. The van der Waals surface area contributed by atoms with Gasteiger partial charge in [-0.25, -0.2) is 4.98 Å². The molecule has 1 fully saturated rings. The zero-order valence-electron chi connectivity index (χ0n) is 21.0. The summed E-state index contributed by atoms with van der Waals surface area (Å²) in [5, 5.41) is 0. The molecule has 0 radical (unpaired) electrons. The van der Waals surface area contributed by atoms with Gasteiger partial charge in [0.25, 0.3) is 5.91 Å². The number of nitrogen functional groups attached to an aromatic ring is 1. The Bertz CT molecular complexity index is 1250. The summed E-state index contributed by atoms with van der Waals surface area (Å²) in [5.41, 5.74) is 16.6. The number of rotatable bonds is 6. The maximum absolute atomic E-state index is 11.4. The third-order valence-electron chi connectivity index (χ3n) is 7.23. The standard InChI is InChI=1S/C27H34N8O/c1-18-14-20-8-6-19(7-9-22-4-3-5-23(30-22)26(28)36)15-21(20)17-35(18)25-16-24(31-27(29)32-25)34-12-10-33(2)11-13-34/h3-6,8,15-16,18H,7,9-14,17H2,1-2H3,(H2,28,36)(H2,29,31,32). The molecule has 4 N–H and O–H groups in total. The van der Waals surface area contributed by atoms with Crippen LogP contribution in [0.4, 0.5) is 17.6 Å². The van der Waals surface area contributed by atoms with Crippen molar-refractivity contribution < 1.29 is 4.79 Å². The minimum Gasteiger partial charge on any atom is -0.368 e. The Labute approximate surface area is 212 Å². The Morgan fingerprint density at radius 2 is 1.75 bits per heavy atom. The number of aryl methyl sites for hydroxylation is 2. The molecule has 2 aromatic heterocycles. The van der Waals surface area contributed by atoms with E-state index in [0.29, 0.717) is 17.7 Å². The third kappa shape index (κ3) is 5.26. The molecule has 1 aromatic carbocycles. The molecule has 2 aliphatic heterocycles. The van der Waals surface area contributed by atoms with Gasteiger partial charge in [-0.3, -0.25) is 4.79 Å². The van der Waals surface area contributed by atoms with E-state index in [-0.39, 0.29) is 0 Å². The number of fused-ring (bicyclic) bond motifs is 1. The number of likely N-dealkylation sites (N-methyl/N-ethyl adjacent to an activating group) is 1. The Kier molecular flexibility index (Phi) is 6.73. The van der Waals surface area contributed by atoms with Gasteiger partial charge < -0.3 is 26.2 Å². The van der Waals surface area contributed by atoms with Gasteiger partial charge in [0.05, 0.1) is 0 Å². The van der Waals surface area contributed by atoms with Crippen molar-refractivity contribution in [2.45, 2.75) is 38.8 Å². The van der Waals surface area contributed by atoms with E-state index in [4.69, 9.17) is 11.5 Å². The lowest BCUT2D eigenvalue weighted by Gasteiger charge is -2.37. The quantitative estimate of drug-likeness (QED) is 0.544. The van der Waals surface area contributed by atoms with Gasteiger partial charge in [-0.15, -0.1) is 0 Å². The topological polar surface area (TPSA) is 118 Å². The third-order valence-corrected chi connectivity index (χ3v) is 7.23. The number of anilines is 3. The maximum Gasteiger partial charge on any atom is 0.267 e. The molecular weight excluding hydrogens is 452 g/mol. The molecule has 9 nitrogen and oxygen atoms in total. The van der Waals surface area contributed by atoms with Gasteiger partial charge >= 0.3 is 0 Å². The molecule has 188 valence electrons. The van der Waals surface area contributed by atoms with E-state index < -0.39 is 5.91 Å². The van der Waals surface area contributed by atoms with Crippen molar-refractivity contribution in [2.24, 2.45) is 5.73 Å². The number of nitrogens with two attached hydrogens (primary N) is 2. The van der Waals surface area contributed by atoms with Gasteiger partial charge in [-0.1, -0.05) is 24.3 Å². The fourth-order valence-corrected chi connectivity index (χ4v) is 5.07. The van der Waals surface area contributed by atoms with E-state index >= 15 is 0 Å². The van der Waals surface area contributed by atoms with Gasteiger partial charge in [-0.05, 0) is 62.1 Å².